The van der Waals surface area contributed by atoms with Crippen molar-refractivity contribution in [3.05, 3.63) is 28.8 Å². The predicted molar refractivity (Wildman–Crippen MR) is 70.3 cm³/mol. The van der Waals surface area contributed by atoms with Gasteiger partial charge in [-0.2, -0.15) is 0 Å². The van der Waals surface area contributed by atoms with Gasteiger partial charge in [-0.05, 0) is 31.0 Å². The molecule has 1 aromatic carbocycles. The molecule has 4 nitrogen and oxygen atoms in total. The summed E-state index contributed by atoms with van der Waals surface area (Å²) in [6.45, 7) is 1.48. The van der Waals surface area contributed by atoms with Crippen LogP contribution < -0.4 is 5.32 Å². The van der Waals surface area contributed by atoms with E-state index in [1.54, 1.807) is 18.2 Å². The maximum atomic E-state index is 11.5. The van der Waals surface area contributed by atoms with Crippen LogP contribution in [0.3, 0.4) is 0 Å². The Hall–Kier alpha value is -1.26. The van der Waals surface area contributed by atoms with Gasteiger partial charge in [0.05, 0.1) is 30.0 Å². The summed E-state index contributed by atoms with van der Waals surface area (Å²) in [7, 11) is 1.36. The normalized spacial score (nSPS) is 19.3. The number of hydrogen-bond acceptors (Lipinski definition) is 4. The zero-order valence-electron chi connectivity index (χ0n) is 10.2. The van der Waals surface area contributed by atoms with E-state index in [1.807, 2.05) is 0 Å². The summed E-state index contributed by atoms with van der Waals surface area (Å²) in [6, 6.07) is 5.29. The molecule has 0 bridgehead atoms. The quantitative estimate of drug-likeness (QED) is 0.857. The summed E-state index contributed by atoms with van der Waals surface area (Å²) < 4.78 is 10.1. The molecule has 0 aliphatic carbocycles. The minimum Gasteiger partial charge on any atom is -0.465 e. The van der Waals surface area contributed by atoms with E-state index in [4.69, 9.17) is 16.3 Å². The van der Waals surface area contributed by atoms with Crippen molar-refractivity contribution in [2.75, 3.05) is 25.6 Å². The highest BCUT2D eigenvalue weighted by Crippen LogP contribution is 2.25. The summed E-state index contributed by atoms with van der Waals surface area (Å²) in [5.74, 6) is -0.366. The van der Waals surface area contributed by atoms with Gasteiger partial charge in [-0.1, -0.05) is 11.6 Å². The van der Waals surface area contributed by atoms with Crippen molar-refractivity contribution in [2.24, 2.45) is 0 Å². The Morgan fingerprint density at radius 1 is 1.56 bits per heavy atom. The molecule has 0 aromatic heterocycles. The SMILES string of the molecule is COC(=O)c1ccc(Cl)c(NC2CCCOC2)c1. The summed E-state index contributed by atoms with van der Waals surface area (Å²) in [4.78, 5) is 11.5. The van der Waals surface area contributed by atoms with Crippen molar-refractivity contribution in [1.29, 1.82) is 0 Å². The fourth-order valence-corrected chi connectivity index (χ4v) is 2.13. The van der Waals surface area contributed by atoms with E-state index in [2.05, 4.69) is 10.1 Å². The van der Waals surface area contributed by atoms with Crippen LogP contribution >= 0.6 is 11.6 Å². The first-order chi connectivity index (χ1) is 8.70. The molecule has 18 heavy (non-hydrogen) atoms. The molecule has 98 valence electrons. The van der Waals surface area contributed by atoms with Gasteiger partial charge in [0.15, 0.2) is 0 Å². The fraction of sp³-hybridized carbons (Fsp3) is 0.462. The summed E-state index contributed by atoms with van der Waals surface area (Å²) >= 11 is 6.11. The lowest BCUT2D eigenvalue weighted by atomic mass is 10.1. The second-order valence-electron chi connectivity index (χ2n) is 4.24. The average Bonchev–Trinajstić information content (AvgIpc) is 2.41. The standard InChI is InChI=1S/C13H16ClNO3/c1-17-13(16)9-4-5-11(14)12(7-9)15-10-3-2-6-18-8-10/h4-5,7,10,15H,2-3,6,8H2,1H3. The van der Waals surface area contributed by atoms with Crippen molar-refractivity contribution in [2.45, 2.75) is 18.9 Å². The van der Waals surface area contributed by atoms with Crippen LogP contribution in [0.15, 0.2) is 18.2 Å². The van der Waals surface area contributed by atoms with Crippen LogP contribution in [0, 0.1) is 0 Å². The van der Waals surface area contributed by atoms with Crippen molar-refractivity contribution in [3.8, 4) is 0 Å². The van der Waals surface area contributed by atoms with Crippen LogP contribution in [0.1, 0.15) is 23.2 Å². The van der Waals surface area contributed by atoms with Crippen LogP contribution in [-0.4, -0.2) is 32.3 Å². The van der Waals surface area contributed by atoms with Gasteiger partial charge in [0.25, 0.3) is 0 Å². The second-order valence-corrected chi connectivity index (χ2v) is 4.65. The van der Waals surface area contributed by atoms with E-state index < -0.39 is 0 Å². The number of carbonyl (C=O) groups excluding carboxylic acids is 1. The average molecular weight is 270 g/mol. The van der Waals surface area contributed by atoms with Gasteiger partial charge in [-0.3, -0.25) is 0 Å². The number of nitrogens with one attached hydrogen (secondary N) is 1. The Kier molecular flexibility index (Phi) is 4.44. The third-order valence-electron chi connectivity index (χ3n) is 2.91. The van der Waals surface area contributed by atoms with E-state index in [-0.39, 0.29) is 12.0 Å². The third-order valence-corrected chi connectivity index (χ3v) is 3.24. The molecule has 1 unspecified atom stereocenters. The minimum atomic E-state index is -0.366. The van der Waals surface area contributed by atoms with Crippen LogP contribution in [0.4, 0.5) is 5.69 Å². The number of ether oxygens (including phenoxy) is 2. The molecule has 1 fully saturated rings. The monoisotopic (exact) mass is 269 g/mol. The minimum absolute atomic E-state index is 0.240. The van der Waals surface area contributed by atoms with E-state index >= 15 is 0 Å². The first-order valence-electron chi connectivity index (χ1n) is 5.93. The zero-order valence-corrected chi connectivity index (χ0v) is 11.0. The molecule has 1 saturated heterocycles. The largest absolute Gasteiger partial charge is 0.465 e. The number of methoxy groups -OCH3 is 1. The van der Waals surface area contributed by atoms with Gasteiger partial charge in [0.1, 0.15) is 0 Å². The second kappa shape index (κ2) is 6.07. The summed E-state index contributed by atoms with van der Waals surface area (Å²) in [6.07, 6.45) is 2.07. The van der Waals surface area contributed by atoms with Gasteiger partial charge in [0, 0.05) is 12.6 Å². The van der Waals surface area contributed by atoms with Gasteiger partial charge in [-0.25, -0.2) is 4.79 Å². The Balaban J connectivity index is 2.12. The van der Waals surface area contributed by atoms with Crippen molar-refractivity contribution < 1.29 is 14.3 Å². The van der Waals surface area contributed by atoms with Gasteiger partial charge >= 0.3 is 5.97 Å². The van der Waals surface area contributed by atoms with Crippen LogP contribution in [0.25, 0.3) is 0 Å². The number of esters is 1. The molecule has 1 aromatic rings. The fourth-order valence-electron chi connectivity index (χ4n) is 1.96. The summed E-state index contributed by atoms with van der Waals surface area (Å²) in [5.41, 5.74) is 1.23. The summed E-state index contributed by atoms with van der Waals surface area (Å²) in [5, 5.41) is 3.89. The molecular formula is C13H16ClNO3. The van der Waals surface area contributed by atoms with Crippen molar-refractivity contribution in [3.63, 3.8) is 0 Å². The Morgan fingerprint density at radius 3 is 3.06 bits per heavy atom. The Bertz CT molecular complexity index is 430. The molecule has 1 heterocycles. The molecule has 0 radical (unpaired) electrons. The molecule has 5 heteroatoms. The molecule has 0 spiro atoms. The molecule has 2 rings (SSSR count). The Labute approximate surface area is 111 Å². The van der Waals surface area contributed by atoms with E-state index in [0.29, 0.717) is 17.2 Å². The zero-order chi connectivity index (χ0) is 13.0. The van der Waals surface area contributed by atoms with Gasteiger partial charge in [-0.15, -0.1) is 0 Å². The highest BCUT2D eigenvalue weighted by molar-refractivity contribution is 6.33. The number of anilines is 1. The topological polar surface area (TPSA) is 47.6 Å². The molecule has 1 N–H and O–H groups in total. The van der Waals surface area contributed by atoms with E-state index in [9.17, 15) is 4.79 Å². The lowest BCUT2D eigenvalue weighted by Gasteiger charge is -2.24. The number of rotatable bonds is 3. The number of hydrogen-bond donors (Lipinski definition) is 1. The lowest BCUT2D eigenvalue weighted by Crippen LogP contribution is -2.30. The number of benzene rings is 1. The van der Waals surface area contributed by atoms with Crippen LogP contribution in [0.2, 0.25) is 5.02 Å². The van der Waals surface area contributed by atoms with E-state index in [0.717, 1.165) is 25.1 Å². The molecule has 1 atom stereocenters. The molecule has 0 saturated carbocycles. The number of halogens is 1. The smallest absolute Gasteiger partial charge is 0.337 e. The lowest BCUT2D eigenvalue weighted by molar-refractivity contribution is 0.0601. The highest BCUT2D eigenvalue weighted by Gasteiger charge is 2.16. The van der Waals surface area contributed by atoms with Crippen LogP contribution in [-0.2, 0) is 9.47 Å². The third kappa shape index (κ3) is 3.15. The highest BCUT2D eigenvalue weighted by atomic mass is 35.5. The van der Waals surface area contributed by atoms with Crippen molar-refractivity contribution >= 4 is 23.3 Å². The molecule has 0 amide bonds. The van der Waals surface area contributed by atoms with Gasteiger partial charge < -0.3 is 14.8 Å². The van der Waals surface area contributed by atoms with E-state index in [1.165, 1.54) is 7.11 Å². The molecular weight excluding hydrogens is 254 g/mol. The maximum absolute atomic E-state index is 11.5. The molecule has 1 aliphatic heterocycles. The van der Waals surface area contributed by atoms with Crippen molar-refractivity contribution in [1.82, 2.24) is 0 Å². The first kappa shape index (κ1) is 13.2. The predicted octanol–water partition coefficient (Wildman–Crippen LogP) is 2.72. The Morgan fingerprint density at radius 2 is 2.39 bits per heavy atom. The first-order valence-corrected chi connectivity index (χ1v) is 6.30. The maximum Gasteiger partial charge on any atom is 0.337 e. The molecule has 1 aliphatic rings. The van der Waals surface area contributed by atoms with Crippen LogP contribution in [0.5, 0.6) is 0 Å². The number of carbonyl (C=O) groups is 1. The van der Waals surface area contributed by atoms with Gasteiger partial charge in [0.2, 0.25) is 0 Å².